The van der Waals surface area contributed by atoms with Crippen LogP contribution in [0, 0.1) is 5.41 Å². The first kappa shape index (κ1) is 18.9. The van der Waals surface area contributed by atoms with Crippen LogP contribution >= 0.6 is 0 Å². The van der Waals surface area contributed by atoms with Gasteiger partial charge in [0.15, 0.2) is 0 Å². The minimum atomic E-state index is -0.913. The Hall–Kier alpha value is -3.39. The van der Waals surface area contributed by atoms with Gasteiger partial charge in [-0.15, -0.1) is 0 Å². The monoisotopic (exact) mass is 393 g/mol. The van der Waals surface area contributed by atoms with E-state index >= 15 is 0 Å². The second-order valence-electron chi connectivity index (χ2n) is 7.23. The van der Waals surface area contributed by atoms with E-state index in [2.05, 4.69) is 15.3 Å². The third kappa shape index (κ3) is 4.22. The van der Waals surface area contributed by atoms with Crippen LogP contribution in [0.25, 0.3) is 11.0 Å². The van der Waals surface area contributed by atoms with Crippen molar-refractivity contribution in [1.82, 2.24) is 15.3 Å². The van der Waals surface area contributed by atoms with E-state index in [-0.39, 0.29) is 18.4 Å². The van der Waals surface area contributed by atoms with Gasteiger partial charge in [-0.25, -0.2) is 4.98 Å². The fraction of sp³-hybridized carbons (Fsp3) is 0.286. The molecule has 0 bridgehead atoms. The standard InChI is InChI=1S/C21H23N5O3/c22-20(23)13-3-6-17-18(9-13)26-19(25-17)10-16(21(27)28)12-1-4-14(5-2-12)29-15-7-8-24-11-15/h1-6,9,15-16,24H,7-8,10-11H2,(H3,22,23)(H,25,26)(H,27,28)/t15-,16?/m0/s1. The number of aliphatic carboxylic acids is 1. The first-order chi connectivity index (χ1) is 14.0. The van der Waals surface area contributed by atoms with Crippen LogP contribution in [0.15, 0.2) is 42.5 Å². The number of aromatic nitrogens is 2. The average Bonchev–Trinajstić information content (AvgIpc) is 3.35. The van der Waals surface area contributed by atoms with Gasteiger partial charge in [-0.05, 0) is 48.9 Å². The fourth-order valence-electron chi connectivity index (χ4n) is 3.57. The molecule has 3 aromatic rings. The quantitative estimate of drug-likeness (QED) is 0.307. The van der Waals surface area contributed by atoms with Gasteiger partial charge < -0.3 is 25.9 Å². The van der Waals surface area contributed by atoms with Crippen LogP contribution in [0.3, 0.4) is 0 Å². The van der Waals surface area contributed by atoms with E-state index in [9.17, 15) is 9.90 Å². The molecule has 2 heterocycles. The van der Waals surface area contributed by atoms with Crippen molar-refractivity contribution >= 4 is 22.8 Å². The van der Waals surface area contributed by atoms with Gasteiger partial charge in [-0.2, -0.15) is 0 Å². The van der Waals surface area contributed by atoms with Gasteiger partial charge in [0, 0.05) is 18.5 Å². The summed E-state index contributed by atoms with van der Waals surface area (Å²) in [6.45, 7) is 1.78. The van der Waals surface area contributed by atoms with E-state index in [1.165, 1.54) is 0 Å². The lowest BCUT2D eigenvalue weighted by atomic mass is 9.95. The van der Waals surface area contributed by atoms with Crippen molar-refractivity contribution in [2.75, 3.05) is 13.1 Å². The highest BCUT2D eigenvalue weighted by Crippen LogP contribution is 2.25. The minimum Gasteiger partial charge on any atom is -0.489 e. The van der Waals surface area contributed by atoms with Gasteiger partial charge >= 0.3 is 5.97 Å². The van der Waals surface area contributed by atoms with Crippen molar-refractivity contribution in [2.24, 2.45) is 5.73 Å². The molecule has 0 radical (unpaired) electrons. The van der Waals surface area contributed by atoms with E-state index in [0.717, 1.165) is 30.8 Å². The Morgan fingerprint density at radius 1 is 1.31 bits per heavy atom. The Balaban J connectivity index is 1.52. The number of ether oxygens (including phenoxy) is 1. The molecule has 150 valence electrons. The zero-order chi connectivity index (χ0) is 20.4. The highest BCUT2D eigenvalue weighted by molar-refractivity contribution is 5.97. The van der Waals surface area contributed by atoms with Gasteiger partial charge in [0.2, 0.25) is 0 Å². The number of nitrogens with zero attached hydrogens (tertiary/aromatic N) is 1. The number of carboxylic acids is 1. The predicted octanol–water partition coefficient (Wildman–Crippen LogP) is 2.00. The molecule has 2 aromatic carbocycles. The SMILES string of the molecule is N=C(N)c1ccc2nc(CC(C(=O)O)c3ccc(O[C@H]4CCNC4)cc3)[nH]c2c1. The van der Waals surface area contributed by atoms with Crippen LogP contribution in [0.2, 0.25) is 0 Å². The summed E-state index contributed by atoms with van der Waals surface area (Å²) in [6.07, 6.45) is 1.36. The van der Waals surface area contributed by atoms with Gasteiger partial charge in [-0.3, -0.25) is 10.2 Å². The molecule has 1 aromatic heterocycles. The number of aromatic amines is 1. The molecule has 0 aliphatic carbocycles. The molecular weight excluding hydrogens is 370 g/mol. The number of nitrogens with one attached hydrogen (secondary N) is 3. The van der Waals surface area contributed by atoms with E-state index in [0.29, 0.717) is 22.5 Å². The molecule has 2 atom stereocenters. The van der Waals surface area contributed by atoms with Crippen molar-refractivity contribution in [2.45, 2.75) is 24.9 Å². The van der Waals surface area contributed by atoms with Crippen LogP contribution in [-0.4, -0.2) is 46.1 Å². The number of nitrogens with two attached hydrogens (primary N) is 1. The minimum absolute atomic E-state index is 0.0258. The van der Waals surface area contributed by atoms with Crippen molar-refractivity contribution in [3.05, 3.63) is 59.4 Å². The molecule has 4 rings (SSSR count). The molecule has 1 unspecified atom stereocenters. The van der Waals surface area contributed by atoms with Crippen LogP contribution in [0.4, 0.5) is 0 Å². The number of carbonyl (C=O) groups is 1. The maximum Gasteiger partial charge on any atom is 0.311 e. The maximum absolute atomic E-state index is 11.9. The molecule has 0 amide bonds. The maximum atomic E-state index is 11.9. The molecule has 1 aliphatic rings. The summed E-state index contributed by atoms with van der Waals surface area (Å²) in [6, 6.07) is 12.5. The lowest BCUT2D eigenvalue weighted by Gasteiger charge is -2.15. The zero-order valence-electron chi connectivity index (χ0n) is 15.8. The molecule has 1 aliphatic heterocycles. The fourth-order valence-corrected chi connectivity index (χ4v) is 3.57. The number of fused-ring (bicyclic) bond motifs is 1. The van der Waals surface area contributed by atoms with Crippen molar-refractivity contribution in [3.8, 4) is 5.75 Å². The lowest BCUT2D eigenvalue weighted by Crippen LogP contribution is -2.19. The molecule has 0 spiro atoms. The molecule has 8 heteroatoms. The smallest absolute Gasteiger partial charge is 0.311 e. The molecule has 0 saturated carbocycles. The summed E-state index contributed by atoms with van der Waals surface area (Å²) in [5, 5.41) is 20.5. The van der Waals surface area contributed by atoms with E-state index in [1.54, 1.807) is 30.3 Å². The molecule has 29 heavy (non-hydrogen) atoms. The third-order valence-corrected chi connectivity index (χ3v) is 5.14. The van der Waals surface area contributed by atoms with Crippen LogP contribution in [0.1, 0.15) is 29.3 Å². The molecular formula is C21H23N5O3. The molecule has 8 nitrogen and oxygen atoms in total. The zero-order valence-corrected chi connectivity index (χ0v) is 15.8. The van der Waals surface area contributed by atoms with Crippen LogP contribution in [-0.2, 0) is 11.2 Å². The summed E-state index contributed by atoms with van der Waals surface area (Å²) in [5.41, 5.74) is 8.25. The number of H-pyrrole nitrogens is 1. The number of hydrogen-bond donors (Lipinski definition) is 5. The van der Waals surface area contributed by atoms with Crippen LogP contribution in [0.5, 0.6) is 5.75 Å². The van der Waals surface area contributed by atoms with Crippen LogP contribution < -0.4 is 15.8 Å². The summed E-state index contributed by atoms with van der Waals surface area (Å²) < 4.78 is 5.90. The topological polar surface area (TPSA) is 137 Å². The summed E-state index contributed by atoms with van der Waals surface area (Å²) in [4.78, 5) is 19.5. The molecule has 1 fully saturated rings. The Bertz CT molecular complexity index is 1040. The van der Waals surface area contributed by atoms with Crippen molar-refractivity contribution in [1.29, 1.82) is 5.41 Å². The summed E-state index contributed by atoms with van der Waals surface area (Å²) in [7, 11) is 0. The second kappa shape index (κ2) is 7.92. The van der Waals surface area contributed by atoms with E-state index in [1.807, 2.05) is 12.1 Å². The number of nitrogen functional groups attached to an aromatic ring is 1. The number of imidazole rings is 1. The van der Waals surface area contributed by atoms with Crippen molar-refractivity contribution < 1.29 is 14.6 Å². The van der Waals surface area contributed by atoms with Gasteiger partial charge in [-0.1, -0.05) is 12.1 Å². The third-order valence-electron chi connectivity index (χ3n) is 5.14. The van der Waals surface area contributed by atoms with Gasteiger partial charge in [0.1, 0.15) is 23.5 Å². The number of rotatable bonds is 7. The number of carboxylic acid groups (broad SMARTS) is 1. The molecule has 6 N–H and O–H groups in total. The van der Waals surface area contributed by atoms with Gasteiger partial charge in [0.25, 0.3) is 0 Å². The van der Waals surface area contributed by atoms with Gasteiger partial charge in [0.05, 0.1) is 17.0 Å². The average molecular weight is 393 g/mol. The molecule has 1 saturated heterocycles. The van der Waals surface area contributed by atoms with E-state index < -0.39 is 11.9 Å². The predicted molar refractivity (Wildman–Crippen MR) is 110 cm³/mol. The Morgan fingerprint density at radius 3 is 2.76 bits per heavy atom. The Kier molecular flexibility index (Phi) is 5.18. The number of amidine groups is 1. The Labute approximate surface area is 167 Å². The van der Waals surface area contributed by atoms with Crippen molar-refractivity contribution in [3.63, 3.8) is 0 Å². The normalized spacial score (nSPS) is 17.3. The number of hydrogen-bond acceptors (Lipinski definition) is 5. The number of benzene rings is 2. The first-order valence-corrected chi connectivity index (χ1v) is 9.53. The van der Waals surface area contributed by atoms with E-state index in [4.69, 9.17) is 15.9 Å². The summed E-state index contributed by atoms with van der Waals surface area (Å²) >= 11 is 0. The lowest BCUT2D eigenvalue weighted by molar-refractivity contribution is -0.138. The largest absolute Gasteiger partial charge is 0.489 e. The second-order valence-corrected chi connectivity index (χ2v) is 7.23. The first-order valence-electron chi connectivity index (χ1n) is 9.53. The Morgan fingerprint density at radius 2 is 2.10 bits per heavy atom. The highest BCUT2D eigenvalue weighted by Gasteiger charge is 2.23. The highest BCUT2D eigenvalue weighted by atomic mass is 16.5. The summed E-state index contributed by atoms with van der Waals surface area (Å²) in [5.74, 6) is -0.353.